The Morgan fingerprint density at radius 1 is 1.39 bits per heavy atom. The van der Waals surface area contributed by atoms with Gasteiger partial charge in [-0.2, -0.15) is 0 Å². The summed E-state index contributed by atoms with van der Waals surface area (Å²) < 4.78 is 5.55. The molecule has 0 heterocycles. The zero-order valence-corrected chi connectivity index (χ0v) is 11.0. The number of benzene rings is 1. The van der Waals surface area contributed by atoms with Gasteiger partial charge in [-0.3, -0.25) is 4.79 Å². The van der Waals surface area contributed by atoms with Crippen LogP contribution < -0.4 is 0 Å². The van der Waals surface area contributed by atoms with Crippen LogP contribution in [0.25, 0.3) is 0 Å². The lowest BCUT2D eigenvalue weighted by molar-refractivity contribution is -0.143. The molecule has 0 aliphatic rings. The minimum absolute atomic E-state index is 0.0228. The second kappa shape index (κ2) is 7.84. The number of carbonyl (C=O) groups is 1. The van der Waals surface area contributed by atoms with Gasteiger partial charge >= 0.3 is 0 Å². The average molecular weight is 251 g/mol. The molecule has 0 spiro atoms. The number of amides is 1. The quantitative estimate of drug-likeness (QED) is 0.797. The van der Waals surface area contributed by atoms with Crippen LogP contribution in [0.3, 0.4) is 0 Å². The van der Waals surface area contributed by atoms with Gasteiger partial charge in [0.05, 0.1) is 13.2 Å². The van der Waals surface area contributed by atoms with E-state index in [1.807, 2.05) is 37.3 Å². The first kappa shape index (κ1) is 14.7. The fourth-order valence-corrected chi connectivity index (χ4v) is 1.67. The minimum atomic E-state index is -0.489. The Kier molecular flexibility index (Phi) is 6.39. The van der Waals surface area contributed by atoms with E-state index in [1.54, 1.807) is 11.8 Å². The predicted molar refractivity (Wildman–Crippen MR) is 70.0 cm³/mol. The molecule has 0 aliphatic carbocycles. The van der Waals surface area contributed by atoms with Gasteiger partial charge in [0.1, 0.15) is 6.10 Å². The SMILES string of the molecule is CCN(CCO)C(=O)C(C)OCc1ccccc1. The Labute approximate surface area is 108 Å². The maximum Gasteiger partial charge on any atom is 0.251 e. The summed E-state index contributed by atoms with van der Waals surface area (Å²) in [6.07, 6.45) is -0.489. The molecule has 0 aliphatic heterocycles. The number of carbonyl (C=O) groups excluding carboxylic acids is 1. The highest BCUT2D eigenvalue weighted by Gasteiger charge is 2.19. The van der Waals surface area contributed by atoms with Crippen molar-refractivity contribution in [1.82, 2.24) is 4.90 Å². The number of likely N-dealkylation sites (N-methyl/N-ethyl adjacent to an activating group) is 1. The monoisotopic (exact) mass is 251 g/mol. The summed E-state index contributed by atoms with van der Waals surface area (Å²) >= 11 is 0. The molecule has 0 bridgehead atoms. The lowest BCUT2D eigenvalue weighted by atomic mass is 10.2. The summed E-state index contributed by atoms with van der Waals surface area (Å²) in [5, 5.41) is 8.87. The second-order valence-electron chi connectivity index (χ2n) is 4.08. The summed E-state index contributed by atoms with van der Waals surface area (Å²) in [5.41, 5.74) is 1.04. The number of hydrogen-bond donors (Lipinski definition) is 1. The Hall–Kier alpha value is -1.39. The maximum atomic E-state index is 12.0. The van der Waals surface area contributed by atoms with E-state index in [9.17, 15) is 4.79 Å². The molecule has 1 amide bonds. The Bertz CT molecular complexity index is 353. The Morgan fingerprint density at radius 2 is 2.06 bits per heavy atom. The molecule has 0 aromatic heterocycles. The van der Waals surface area contributed by atoms with Crippen molar-refractivity contribution in [3.05, 3.63) is 35.9 Å². The van der Waals surface area contributed by atoms with Crippen LogP contribution in [0.1, 0.15) is 19.4 Å². The van der Waals surface area contributed by atoms with Gasteiger partial charge in [-0.05, 0) is 19.4 Å². The van der Waals surface area contributed by atoms with Gasteiger partial charge in [-0.1, -0.05) is 30.3 Å². The van der Waals surface area contributed by atoms with Gasteiger partial charge in [-0.25, -0.2) is 0 Å². The summed E-state index contributed by atoms with van der Waals surface area (Å²) in [6, 6.07) is 9.74. The van der Waals surface area contributed by atoms with Crippen molar-refractivity contribution in [1.29, 1.82) is 0 Å². The van der Waals surface area contributed by atoms with Crippen molar-refractivity contribution in [3.8, 4) is 0 Å². The zero-order valence-electron chi connectivity index (χ0n) is 11.0. The van der Waals surface area contributed by atoms with Crippen molar-refractivity contribution in [2.24, 2.45) is 0 Å². The first-order chi connectivity index (χ1) is 8.69. The number of aliphatic hydroxyl groups is 1. The molecule has 1 atom stereocenters. The largest absolute Gasteiger partial charge is 0.395 e. The molecule has 18 heavy (non-hydrogen) atoms. The molecule has 4 heteroatoms. The van der Waals surface area contributed by atoms with Gasteiger partial charge in [0, 0.05) is 13.1 Å². The molecular weight excluding hydrogens is 230 g/mol. The molecule has 1 unspecified atom stereocenters. The smallest absolute Gasteiger partial charge is 0.251 e. The van der Waals surface area contributed by atoms with Crippen molar-refractivity contribution in [3.63, 3.8) is 0 Å². The standard InChI is InChI=1S/C14H21NO3/c1-3-15(9-10-16)14(17)12(2)18-11-13-7-5-4-6-8-13/h4-8,12,16H,3,9-11H2,1-2H3. The normalized spacial score (nSPS) is 12.2. The van der Waals surface area contributed by atoms with Crippen molar-refractivity contribution >= 4 is 5.91 Å². The molecule has 4 nitrogen and oxygen atoms in total. The van der Waals surface area contributed by atoms with Crippen LogP contribution in [-0.4, -0.2) is 41.7 Å². The summed E-state index contributed by atoms with van der Waals surface area (Å²) in [7, 11) is 0. The van der Waals surface area contributed by atoms with Crippen LogP contribution >= 0.6 is 0 Å². The van der Waals surface area contributed by atoms with Crippen LogP contribution in [0.4, 0.5) is 0 Å². The number of aliphatic hydroxyl groups excluding tert-OH is 1. The van der Waals surface area contributed by atoms with Gasteiger partial charge in [-0.15, -0.1) is 0 Å². The van der Waals surface area contributed by atoms with Gasteiger partial charge in [0.25, 0.3) is 5.91 Å². The highest BCUT2D eigenvalue weighted by atomic mass is 16.5. The van der Waals surface area contributed by atoms with Crippen LogP contribution in [0.5, 0.6) is 0 Å². The van der Waals surface area contributed by atoms with Crippen LogP contribution in [0.15, 0.2) is 30.3 Å². The molecule has 100 valence electrons. The highest BCUT2D eigenvalue weighted by Crippen LogP contribution is 2.05. The first-order valence-corrected chi connectivity index (χ1v) is 6.24. The number of hydrogen-bond acceptors (Lipinski definition) is 3. The molecule has 0 radical (unpaired) electrons. The lowest BCUT2D eigenvalue weighted by Gasteiger charge is -2.23. The van der Waals surface area contributed by atoms with Crippen LogP contribution in [0.2, 0.25) is 0 Å². The van der Waals surface area contributed by atoms with E-state index in [-0.39, 0.29) is 12.5 Å². The van der Waals surface area contributed by atoms with Gasteiger partial charge < -0.3 is 14.7 Å². The molecule has 0 saturated heterocycles. The van der Waals surface area contributed by atoms with E-state index in [0.29, 0.717) is 19.7 Å². The Balaban J connectivity index is 2.44. The molecule has 1 rings (SSSR count). The third kappa shape index (κ3) is 4.47. The van der Waals surface area contributed by atoms with E-state index in [4.69, 9.17) is 9.84 Å². The van der Waals surface area contributed by atoms with Crippen LogP contribution in [0, 0.1) is 0 Å². The molecule has 0 fully saturated rings. The first-order valence-electron chi connectivity index (χ1n) is 6.24. The Morgan fingerprint density at radius 3 is 2.61 bits per heavy atom. The molecule has 1 N–H and O–H groups in total. The number of nitrogens with zero attached hydrogens (tertiary/aromatic N) is 1. The lowest BCUT2D eigenvalue weighted by Crippen LogP contribution is -2.40. The van der Waals surface area contributed by atoms with Gasteiger partial charge in [0.2, 0.25) is 0 Å². The zero-order chi connectivity index (χ0) is 13.4. The fourth-order valence-electron chi connectivity index (χ4n) is 1.67. The third-order valence-corrected chi connectivity index (χ3v) is 2.75. The number of rotatable bonds is 7. The van der Waals surface area contributed by atoms with E-state index in [0.717, 1.165) is 5.56 Å². The molecule has 1 aromatic rings. The predicted octanol–water partition coefficient (Wildman–Crippen LogP) is 1.43. The summed E-state index contributed by atoms with van der Waals surface area (Å²) in [4.78, 5) is 13.6. The topological polar surface area (TPSA) is 49.8 Å². The van der Waals surface area contributed by atoms with E-state index in [2.05, 4.69) is 0 Å². The maximum absolute atomic E-state index is 12.0. The third-order valence-electron chi connectivity index (χ3n) is 2.75. The van der Waals surface area contributed by atoms with Crippen LogP contribution in [-0.2, 0) is 16.1 Å². The highest BCUT2D eigenvalue weighted by molar-refractivity contribution is 5.80. The van der Waals surface area contributed by atoms with Gasteiger partial charge in [0.15, 0.2) is 0 Å². The van der Waals surface area contributed by atoms with Crippen molar-refractivity contribution < 1.29 is 14.6 Å². The fraction of sp³-hybridized carbons (Fsp3) is 0.500. The van der Waals surface area contributed by atoms with E-state index >= 15 is 0 Å². The number of ether oxygens (including phenoxy) is 1. The van der Waals surface area contributed by atoms with E-state index < -0.39 is 6.10 Å². The van der Waals surface area contributed by atoms with Crippen molar-refractivity contribution in [2.45, 2.75) is 26.6 Å². The van der Waals surface area contributed by atoms with E-state index in [1.165, 1.54) is 0 Å². The second-order valence-corrected chi connectivity index (χ2v) is 4.08. The molecule has 0 saturated carbocycles. The molecular formula is C14H21NO3. The minimum Gasteiger partial charge on any atom is -0.395 e. The summed E-state index contributed by atoms with van der Waals surface area (Å²) in [5.74, 6) is -0.0810. The molecule has 1 aromatic carbocycles. The average Bonchev–Trinajstić information content (AvgIpc) is 2.42. The summed E-state index contributed by atoms with van der Waals surface area (Å²) in [6.45, 7) is 4.96. The van der Waals surface area contributed by atoms with Crippen molar-refractivity contribution in [2.75, 3.05) is 19.7 Å².